The molecule has 0 bridgehead atoms. The van der Waals surface area contributed by atoms with Gasteiger partial charge < -0.3 is 0 Å². The fourth-order valence-corrected chi connectivity index (χ4v) is 1.18. The first-order chi connectivity index (χ1) is 6.36. The second-order valence-corrected chi connectivity index (χ2v) is 2.93. The lowest BCUT2D eigenvalue weighted by Crippen LogP contribution is -2.02. The molecule has 0 aliphatic heterocycles. The summed E-state index contributed by atoms with van der Waals surface area (Å²) in [5.74, 6) is 0. The SMILES string of the molecule is Clc1cccnc1Cn1cncn1. The summed E-state index contributed by atoms with van der Waals surface area (Å²) in [5, 5.41) is 4.61. The molecule has 0 atom stereocenters. The normalized spacial score (nSPS) is 10.2. The molecule has 0 aromatic carbocycles. The van der Waals surface area contributed by atoms with E-state index in [4.69, 9.17) is 11.6 Å². The molecule has 0 aliphatic rings. The number of nitrogens with zero attached hydrogens (tertiary/aromatic N) is 4. The first-order valence-electron chi connectivity index (χ1n) is 3.78. The average molecular weight is 195 g/mol. The predicted molar refractivity (Wildman–Crippen MR) is 48.4 cm³/mol. The Kier molecular flexibility index (Phi) is 2.23. The third-order valence-electron chi connectivity index (χ3n) is 1.61. The van der Waals surface area contributed by atoms with E-state index in [1.165, 1.54) is 6.33 Å². The Balaban J connectivity index is 2.24. The number of rotatable bonds is 2. The van der Waals surface area contributed by atoms with Crippen molar-refractivity contribution in [3.05, 3.63) is 41.7 Å². The van der Waals surface area contributed by atoms with Crippen LogP contribution in [0.15, 0.2) is 31.0 Å². The van der Waals surface area contributed by atoms with Crippen LogP contribution in [0.4, 0.5) is 0 Å². The molecule has 2 heterocycles. The van der Waals surface area contributed by atoms with E-state index in [9.17, 15) is 0 Å². The van der Waals surface area contributed by atoms with Crippen LogP contribution in [-0.2, 0) is 6.54 Å². The summed E-state index contributed by atoms with van der Waals surface area (Å²) >= 11 is 5.92. The van der Waals surface area contributed by atoms with Gasteiger partial charge in [-0.25, -0.2) is 9.67 Å². The minimum absolute atomic E-state index is 0.555. The molecule has 0 fully saturated rings. The Hall–Kier alpha value is -1.42. The molecule has 4 nitrogen and oxygen atoms in total. The molecule has 2 rings (SSSR count). The molecule has 0 spiro atoms. The van der Waals surface area contributed by atoms with Crippen LogP contribution < -0.4 is 0 Å². The van der Waals surface area contributed by atoms with Crippen LogP contribution in [0.5, 0.6) is 0 Å². The van der Waals surface area contributed by atoms with E-state index in [1.807, 2.05) is 0 Å². The maximum absolute atomic E-state index is 5.92. The van der Waals surface area contributed by atoms with Gasteiger partial charge in [0, 0.05) is 6.20 Å². The molecule has 0 unspecified atom stereocenters. The van der Waals surface area contributed by atoms with Crippen molar-refractivity contribution in [2.45, 2.75) is 6.54 Å². The van der Waals surface area contributed by atoms with Gasteiger partial charge in [0.2, 0.25) is 0 Å². The van der Waals surface area contributed by atoms with Gasteiger partial charge in [-0.1, -0.05) is 11.6 Å². The lowest BCUT2D eigenvalue weighted by atomic mass is 10.3. The maximum Gasteiger partial charge on any atom is 0.137 e. The van der Waals surface area contributed by atoms with E-state index >= 15 is 0 Å². The van der Waals surface area contributed by atoms with E-state index in [0.29, 0.717) is 11.6 Å². The van der Waals surface area contributed by atoms with Crippen molar-refractivity contribution in [3.63, 3.8) is 0 Å². The maximum atomic E-state index is 5.92. The van der Waals surface area contributed by atoms with E-state index in [1.54, 1.807) is 29.3 Å². The molecule has 5 heteroatoms. The van der Waals surface area contributed by atoms with E-state index in [2.05, 4.69) is 15.1 Å². The van der Waals surface area contributed by atoms with E-state index in [-0.39, 0.29) is 0 Å². The zero-order chi connectivity index (χ0) is 9.10. The lowest BCUT2D eigenvalue weighted by Gasteiger charge is -2.01. The summed E-state index contributed by atoms with van der Waals surface area (Å²) in [6.07, 6.45) is 4.82. The molecular weight excluding hydrogens is 188 g/mol. The lowest BCUT2D eigenvalue weighted by molar-refractivity contribution is 0.671. The summed E-state index contributed by atoms with van der Waals surface area (Å²) in [5.41, 5.74) is 0.801. The second-order valence-electron chi connectivity index (χ2n) is 2.52. The molecular formula is C8H7ClN4. The molecule has 0 saturated carbocycles. The molecule has 0 aliphatic carbocycles. The summed E-state index contributed by atoms with van der Waals surface area (Å²) in [7, 11) is 0. The molecule has 13 heavy (non-hydrogen) atoms. The molecule has 0 saturated heterocycles. The zero-order valence-electron chi connectivity index (χ0n) is 6.76. The largest absolute Gasteiger partial charge is 0.258 e. The fourth-order valence-electron chi connectivity index (χ4n) is 1.00. The van der Waals surface area contributed by atoms with Crippen molar-refractivity contribution in [1.82, 2.24) is 19.7 Å². The second kappa shape index (κ2) is 3.53. The molecule has 0 amide bonds. The predicted octanol–water partition coefficient (Wildman–Crippen LogP) is 1.37. The Morgan fingerprint density at radius 1 is 1.46 bits per heavy atom. The van der Waals surface area contributed by atoms with Gasteiger partial charge in [-0.3, -0.25) is 4.98 Å². The van der Waals surface area contributed by atoms with Gasteiger partial charge in [0.05, 0.1) is 17.3 Å². The quantitative estimate of drug-likeness (QED) is 0.726. The summed E-state index contributed by atoms with van der Waals surface area (Å²) in [6, 6.07) is 3.61. The van der Waals surface area contributed by atoms with Crippen molar-refractivity contribution < 1.29 is 0 Å². The van der Waals surface area contributed by atoms with Gasteiger partial charge in [-0.15, -0.1) is 0 Å². The molecule has 2 aromatic heterocycles. The number of hydrogen-bond acceptors (Lipinski definition) is 3. The highest BCUT2D eigenvalue weighted by Gasteiger charge is 2.01. The van der Waals surface area contributed by atoms with E-state index in [0.717, 1.165) is 5.69 Å². The molecule has 66 valence electrons. The molecule has 2 aromatic rings. The number of hydrogen-bond donors (Lipinski definition) is 0. The van der Waals surface area contributed by atoms with Gasteiger partial charge in [-0.2, -0.15) is 5.10 Å². The van der Waals surface area contributed by atoms with Gasteiger partial charge in [-0.05, 0) is 12.1 Å². The summed E-state index contributed by atoms with van der Waals surface area (Å²) in [6.45, 7) is 0.555. The Morgan fingerprint density at radius 3 is 3.08 bits per heavy atom. The fraction of sp³-hybridized carbons (Fsp3) is 0.125. The van der Waals surface area contributed by atoms with Crippen molar-refractivity contribution in [1.29, 1.82) is 0 Å². The summed E-state index contributed by atoms with van der Waals surface area (Å²) < 4.78 is 1.67. The van der Waals surface area contributed by atoms with Crippen LogP contribution in [0.1, 0.15) is 5.69 Å². The third-order valence-corrected chi connectivity index (χ3v) is 1.96. The topological polar surface area (TPSA) is 43.6 Å². The monoisotopic (exact) mass is 194 g/mol. The van der Waals surface area contributed by atoms with Crippen LogP contribution in [0.2, 0.25) is 5.02 Å². The number of aromatic nitrogens is 4. The highest BCUT2D eigenvalue weighted by molar-refractivity contribution is 6.31. The van der Waals surface area contributed by atoms with Crippen molar-refractivity contribution in [3.8, 4) is 0 Å². The smallest absolute Gasteiger partial charge is 0.137 e. The van der Waals surface area contributed by atoms with Crippen molar-refractivity contribution >= 4 is 11.6 Å². The van der Waals surface area contributed by atoms with Crippen LogP contribution in [0, 0.1) is 0 Å². The van der Waals surface area contributed by atoms with Crippen LogP contribution in [-0.4, -0.2) is 19.7 Å². The zero-order valence-corrected chi connectivity index (χ0v) is 7.52. The minimum Gasteiger partial charge on any atom is -0.258 e. The number of pyridine rings is 1. The van der Waals surface area contributed by atoms with Gasteiger partial charge in [0.15, 0.2) is 0 Å². The standard InChI is InChI=1S/C8H7ClN4/c9-7-2-1-3-11-8(7)4-13-6-10-5-12-13/h1-3,5-6H,4H2. The van der Waals surface area contributed by atoms with E-state index < -0.39 is 0 Å². The van der Waals surface area contributed by atoms with Crippen LogP contribution >= 0.6 is 11.6 Å². The van der Waals surface area contributed by atoms with Gasteiger partial charge >= 0.3 is 0 Å². The van der Waals surface area contributed by atoms with Gasteiger partial charge in [0.25, 0.3) is 0 Å². The molecule has 0 radical (unpaired) electrons. The minimum atomic E-state index is 0.555. The van der Waals surface area contributed by atoms with Crippen molar-refractivity contribution in [2.75, 3.05) is 0 Å². The average Bonchev–Trinajstić information content (AvgIpc) is 2.61. The van der Waals surface area contributed by atoms with Crippen molar-refractivity contribution in [2.24, 2.45) is 0 Å². The Bertz CT molecular complexity index is 385. The third kappa shape index (κ3) is 1.84. The first kappa shape index (κ1) is 8.19. The Morgan fingerprint density at radius 2 is 2.38 bits per heavy atom. The highest BCUT2D eigenvalue weighted by atomic mass is 35.5. The highest BCUT2D eigenvalue weighted by Crippen LogP contribution is 2.12. The molecule has 0 N–H and O–H groups in total. The first-order valence-corrected chi connectivity index (χ1v) is 4.16. The van der Waals surface area contributed by atoms with Crippen LogP contribution in [0.3, 0.4) is 0 Å². The number of halogens is 1. The summed E-state index contributed by atoms with van der Waals surface area (Å²) in [4.78, 5) is 7.96. The Labute approximate surface area is 80.2 Å². The van der Waals surface area contributed by atoms with Gasteiger partial charge in [0.1, 0.15) is 12.7 Å². The van der Waals surface area contributed by atoms with Crippen LogP contribution in [0.25, 0.3) is 0 Å².